The van der Waals surface area contributed by atoms with E-state index in [-0.39, 0.29) is 0 Å². The van der Waals surface area contributed by atoms with Gasteiger partial charge in [0.2, 0.25) is 0 Å². The zero-order valence-corrected chi connectivity index (χ0v) is 16.0. The maximum absolute atomic E-state index is 5.59. The third-order valence-electron chi connectivity index (χ3n) is 5.09. The van der Waals surface area contributed by atoms with Crippen LogP contribution in [0.25, 0.3) is 0 Å². The van der Waals surface area contributed by atoms with E-state index in [0.717, 1.165) is 24.5 Å². The van der Waals surface area contributed by atoms with Crippen molar-refractivity contribution in [2.75, 3.05) is 12.4 Å². The summed E-state index contributed by atoms with van der Waals surface area (Å²) in [7, 11) is 0. The number of thiol groups is 1. The SMILES string of the molecule is C=C1CCC(CCc2ccc(CCCCCCCCS)cc2)CO1. The van der Waals surface area contributed by atoms with Crippen molar-refractivity contribution in [3.63, 3.8) is 0 Å². The smallest absolute Gasteiger partial charge is 0.0905 e. The zero-order valence-electron chi connectivity index (χ0n) is 15.1. The number of benzene rings is 1. The lowest BCUT2D eigenvalue weighted by Gasteiger charge is -2.24. The van der Waals surface area contributed by atoms with Gasteiger partial charge in [0.25, 0.3) is 0 Å². The van der Waals surface area contributed by atoms with E-state index in [2.05, 4.69) is 43.5 Å². The Morgan fingerprint density at radius 3 is 2.17 bits per heavy atom. The summed E-state index contributed by atoms with van der Waals surface area (Å²) in [6.45, 7) is 4.77. The van der Waals surface area contributed by atoms with Gasteiger partial charge in [0.05, 0.1) is 12.4 Å². The van der Waals surface area contributed by atoms with Crippen LogP contribution in [0.1, 0.15) is 68.9 Å². The molecule has 1 nitrogen and oxygen atoms in total. The first-order valence-corrected chi connectivity index (χ1v) is 10.4. The maximum Gasteiger partial charge on any atom is 0.0905 e. The molecule has 1 saturated heterocycles. The highest BCUT2D eigenvalue weighted by molar-refractivity contribution is 7.80. The number of unbranched alkanes of at least 4 members (excludes halogenated alkanes) is 5. The minimum Gasteiger partial charge on any atom is -0.498 e. The van der Waals surface area contributed by atoms with Crippen LogP contribution in [0, 0.1) is 5.92 Å². The fourth-order valence-corrected chi connectivity index (χ4v) is 3.60. The molecular formula is C22H34OS. The van der Waals surface area contributed by atoms with E-state index in [4.69, 9.17) is 4.74 Å². The zero-order chi connectivity index (χ0) is 17.0. The van der Waals surface area contributed by atoms with E-state index in [1.54, 1.807) is 0 Å². The highest BCUT2D eigenvalue weighted by Crippen LogP contribution is 2.24. The van der Waals surface area contributed by atoms with Crippen molar-refractivity contribution in [3.05, 3.63) is 47.7 Å². The van der Waals surface area contributed by atoms with Crippen LogP contribution < -0.4 is 0 Å². The van der Waals surface area contributed by atoms with Crippen LogP contribution in [0.15, 0.2) is 36.6 Å². The number of rotatable bonds is 11. The lowest BCUT2D eigenvalue weighted by molar-refractivity contribution is 0.112. The number of aryl methyl sites for hydroxylation is 2. The molecule has 0 amide bonds. The lowest BCUT2D eigenvalue weighted by Crippen LogP contribution is -2.16. The summed E-state index contributed by atoms with van der Waals surface area (Å²) in [6.07, 6.45) is 14.0. The average molecular weight is 347 g/mol. The first-order chi connectivity index (χ1) is 11.8. The standard InChI is InChI=1S/C22H34OS/c1-19-9-10-22(18-23-19)16-15-21-13-11-20(12-14-21)8-6-4-2-3-5-7-17-24/h11-14,22,24H,1-10,15-18H2. The molecule has 0 aromatic heterocycles. The van der Waals surface area contributed by atoms with Gasteiger partial charge in [0.15, 0.2) is 0 Å². The Balaban J connectivity index is 1.57. The molecule has 1 atom stereocenters. The molecule has 2 rings (SSSR count). The van der Waals surface area contributed by atoms with Gasteiger partial charge in [0, 0.05) is 6.42 Å². The van der Waals surface area contributed by atoms with E-state index in [0.29, 0.717) is 5.92 Å². The van der Waals surface area contributed by atoms with Gasteiger partial charge in [-0.15, -0.1) is 0 Å². The van der Waals surface area contributed by atoms with Gasteiger partial charge in [-0.1, -0.05) is 56.5 Å². The predicted molar refractivity (Wildman–Crippen MR) is 108 cm³/mol. The number of ether oxygens (including phenoxy) is 1. The fourth-order valence-electron chi connectivity index (χ4n) is 3.38. The molecule has 0 aliphatic carbocycles. The van der Waals surface area contributed by atoms with Crippen LogP contribution in [0.3, 0.4) is 0 Å². The molecule has 0 saturated carbocycles. The third-order valence-corrected chi connectivity index (χ3v) is 5.41. The molecule has 1 fully saturated rings. The number of hydrogen-bond acceptors (Lipinski definition) is 2. The Kier molecular flexibility index (Phi) is 9.42. The molecule has 134 valence electrons. The van der Waals surface area contributed by atoms with E-state index >= 15 is 0 Å². The van der Waals surface area contributed by atoms with Crippen LogP contribution in [0.4, 0.5) is 0 Å². The van der Waals surface area contributed by atoms with Crippen LogP contribution in [-0.2, 0) is 17.6 Å². The molecular weight excluding hydrogens is 312 g/mol. The molecule has 1 heterocycles. The molecule has 24 heavy (non-hydrogen) atoms. The van der Waals surface area contributed by atoms with Gasteiger partial charge in [0.1, 0.15) is 0 Å². The Labute approximate surface area is 154 Å². The maximum atomic E-state index is 5.59. The van der Waals surface area contributed by atoms with Crippen molar-refractivity contribution in [2.24, 2.45) is 5.92 Å². The second kappa shape index (κ2) is 11.6. The van der Waals surface area contributed by atoms with Crippen molar-refractivity contribution in [1.29, 1.82) is 0 Å². The first kappa shape index (κ1) is 19.4. The molecule has 1 aliphatic heterocycles. The predicted octanol–water partition coefficient (Wildman–Crippen LogP) is 6.37. The minimum atomic E-state index is 0.706. The molecule has 0 bridgehead atoms. The second-order valence-corrected chi connectivity index (χ2v) is 7.65. The Hall–Kier alpha value is -0.890. The van der Waals surface area contributed by atoms with Crippen LogP contribution in [0.2, 0.25) is 0 Å². The quantitative estimate of drug-likeness (QED) is 0.362. The van der Waals surface area contributed by atoms with Crippen LogP contribution >= 0.6 is 12.6 Å². The fraction of sp³-hybridized carbons (Fsp3) is 0.636. The average Bonchev–Trinajstić information content (AvgIpc) is 2.61. The van der Waals surface area contributed by atoms with Gasteiger partial charge in [-0.25, -0.2) is 0 Å². The number of hydrogen-bond donors (Lipinski definition) is 1. The van der Waals surface area contributed by atoms with Crippen molar-refractivity contribution >= 4 is 12.6 Å². The summed E-state index contributed by atoms with van der Waals surface area (Å²) >= 11 is 4.26. The first-order valence-electron chi connectivity index (χ1n) is 9.77. The molecule has 0 spiro atoms. The van der Waals surface area contributed by atoms with Gasteiger partial charge in [-0.05, 0) is 61.3 Å². The van der Waals surface area contributed by atoms with Crippen molar-refractivity contribution in [2.45, 2.75) is 70.6 Å². The van der Waals surface area contributed by atoms with Gasteiger partial charge < -0.3 is 4.74 Å². The topological polar surface area (TPSA) is 9.23 Å². The summed E-state index contributed by atoms with van der Waals surface area (Å²) in [4.78, 5) is 0. The van der Waals surface area contributed by atoms with E-state index in [1.807, 2.05) is 0 Å². The van der Waals surface area contributed by atoms with E-state index in [9.17, 15) is 0 Å². The summed E-state index contributed by atoms with van der Waals surface area (Å²) in [5.41, 5.74) is 2.96. The van der Waals surface area contributed by atoms with Gasteiger partial charge >= 0.3 is 0 Å². The Morgan fingerprint density at radius 1 is 0.917 bits per heavy atom. The summed E-state index contributed by atoms with van der Waals surface area (Å²) < 4.78 is 5.59. The molecule has 1 unspecified atom stereocenters. The monoisotopic (exact) mass is 346 g/mol. The van der Waals surface area contributed by atoms with Crippen LogP contribution in [0.5, 0.6) is 0 Å². The molecule has 1 aromatic carbocycles. The van der Waals surface area contributed by atoms with Crippen molar-refractivity contribution in [1.82, 2.24) is 0 Å². The Morgan fingerprint density at radius 2 is 1.54 bits per heavy atom. The highest BCUT2D eigenvalue weighted by atomic mass is 32.1. The normalized spacial score (nSPS) is 17.7. The summed E-state index contributed by atoms with van der Waals surface area (Å²) in [5, 5.41) is 0. The van der Waals surface area contributed by atoms with Crippen LogP contribution in [-0.4, -0.2) is 12.4 Å². The third kappa shape index (κ3) is 7.79. The molecule has 1 aliphatic rings. The summed E-state index contributed by atoms with van der Waals surface area (Å²) in [5.74, 6) is 2.71. The number of allylic oxidation sites excluding steroid dienone is 1. The molecule has 2 heteroatoms. The van der Waals surface area contributed by atoms with E-state index in [1.165, 1.54) is 75.3 Å². The minimum absolute atomic E-state index is 0.706. The molecule has 0 radical (unpaired) electrons. The van der Waals surface area contributed by atoms with E-state index < -0.39 is 0 Å². The van der Waals surface area contributed by atoms with Crippen molar-refractivity contribution in [3.8, 4) is 0 Å². The second-order valence-electron chi connectivity index (χ2n) is 7.20. The molecule has 1 aromatic rings. The largest absolute Gasteiger partial charge is 0.498 e. The van der Waals surface area contributed by atoms with Crippen molar-refractivity contribution < 1.29 is 4.74 Å². The highest BCUT2D eigenvalue weighted by Gasteiger charge is 2.16. The molecule has 0 N–H and O–H groups in total. The van der Waals surface area contributed by atoms with Gasteiger partial charge in [-0.3, -0.25) is 0 Å². The lowest BCUT2D eigenvalue weighted by atomic mass is 9.93. The summed E-state index contributed by atoms with van der Waals surface area (Å²) in [6, 6.07) is 9.31. The Bertz CT molecular complexity index is 455. The van der Waals surface area contributed by atoms with Gasteiger partial charge in [-0.2, -0.15) is 12.6 Å².